The van der Waals surface area contributed by atoms with Gasteiger partial charge in [-0.05, 0) is 68.8 Å². The lowest BCUT2D eigenvalue weighted by Crippen LogP contribution is -2.22. The van der Waals surface area contributed by atoms with E-state index >= 15 is 0 Å². The van der Waals surface area contributed by atoms with Gasteiger partial charge in [0.2, 0.25) is 0 Å². The average Bonchev–Trinajstić information content (AvgIpc) is 4.69. The molecule has 12 rings (SSSR count). The van der Waals surface area contributed by atoms with Crippen molar-refractivity contribution in [3.8, 4) is 0 Å². The number of rotatable bonds is 0. The topological polar surface area (TPSA) is 211 Å². The van der Waals surface area contributed by atoms with E-state index in [9.17, 15) is 0 Å². The van der Waals surface area contributed by atoms with E-state index in [1.165, 1.54) is 62.9 Å². The molecule has 0 bridgehead atoms. The molecule has 0 aromatic rings. The predicted octanol–water partition coefficient (Wildman–Crippen LogP) is 30.1. The van der Waals surface area contributed by atoms with E-state index in [-0.39, 0.29) is 0 Å². The Morgan fingerprint density at radius 1 is 0.324 bits per heavy atom. The fraction of sp³-hybridized carbons (Fsp3) is 0.830. The molecule has 672 valence electrons. The quantitative estimate of drug-likeness (QED) is 0.126. The van der Waals surface area contributed by atoms with Gasteiger partial charge in [-0.2, -0.15) is 10.2 Å². The Balaban J connectivity index is -0.0000000309. The maximum absolute atomic E-state index is 4.76. The van der Waals surface area contributed by atoms with Crippen molar-refractivity contribution >= 4 is 66.8 Å². The monoisotopic (exact) mass is 1590 g/mol. The molecule has 12 aliphatic rings. The van der Waals surface area contributed by atoms with Gasteiger partial charge < -0.3 is 35.8 Å². The third-order valence-electron chi connectivity index (χ3n) is 7.03. The largest absolute Gasteiger partial charge is 0.501 e. The Bertz CT molecular complexity index is 896. The first-order chi connectivity index (χ1) is 54.0. The number of aliphatic imine (C=N–C) groups is 5. The van der Waals surface area contributed by atoms with E-state index < -0.39 is 0 Å². The van der Waals surface area contributed by atoms with E-state index in [0.29, 0.717) is 6.67 Å². The molecule has 20 heteroatoms. The second-order valence-corrected chi connectivity index (χ2v) is 14.1. The lowest BCUT2D eigenvalue weighted by Gasteiger charge is -1.80. The van der Waals surface area contributed by atoms with Crippen molar-refractivity contribution in [1.82, 2.24) is 32.3 Å². The van der Waals surface area contributed by atoms with Crippen molar-refractivity contribution in [3.05, 3.63) is 48.3 Å². The molecule has 0 atom stereocenters. The highest BCUT2D eigenvalue weighted by Crippen LogP contribution is 2.11. The van der Waals surface area contributed by atoms with Gasteiger partial charge in [0, 0.05) is 75.9 Å². The van der Waals surface area contributed by atoms with Crippen molar-refractivity contribution in [2.24, 2.45) is 45.6 Å². The Kier molecular flexibility index (Phi) is 546. The lowest BCUT2D eigenvalue weighted by molar-refractivity contribution is 0.174. The summed E-state index contributed by atoms with van der Waals surface area (Å²) in [7, 11) is 0. The third-order valence-corrected chi connectivity index (χ3v) is 8.60. The first kappa shape index (κ1) is 172. The van der Waals surface area contributed by atoms with Crippen molar-refractivity contribution in [3.63, 3.8) is 0 Å². The summed E-state index contributed by atoms with van der Waals surface area (Å²) in [5.41, 5.74) is 12.8. The molecule has 1 aliphatic carbocycles. The molecule has 0 aromatic carbocycles. The van der Waals surface area contributed by atoms with Gasteiger partial charge in [-0.25, -0.2) is 5.43 Å². The molecule has 0 fully saturated rings. The molecular formula is C88H215N15O3S2. The highest BCUT2D eigenvalue weighted by molar-refractivity contribution is 8.12. The number of nitrogens with one attached hydrogen (secondary N) is 6. The van der Waals surface area contributed by atoms with E-state index in [1.807, 2.05) is 374 Å². The van der Waals surface area contributed by atoms with Gasteiger partial charge >= 0.3 is 0 Å². The SMILES string of the molecule is C1=CCCC1.C1=CNCC1.C1=COCC1.C1=CSCC1.C1=NCCC1.C1=NCCN1.C1=NCCO1.C1=NCCS1.C1=NCNN1.C1=NNCC1.C1=NOCC1.C1CNN=N1.CC.CC.CC.CC.CC.CC.CC.CC.CC.CC.CC.CC.CC.CC.CC.CC.CC.CC.CC.CC.CC.CC.CC.CC. The maximum atomic E-state index is 4.76. The summed E-state index contributed by atoms with van der Waals surface area (Å²) in [6.45, 7) is 108. The minimum Gasteiger partial charge on any atom is -0.501 e. The van der Waals surface area contributed by atoms with Crippen LogP contribution >= 0.6 is 23.5 Å². The van der Waals surface area contributed by atoms with E-state index in [4.69, 9.17) is 4.74 Å². The molecule has 0 spiro atoms. The van der Waals surface area contributed by atoms with Gasteiger partial charge in [0.15, 0.2) is 6.40 Å². The first-order valence-corrected chi connectivity index (χ1v) is 47.0. The number of oxime groups is 1. The molecular weight excluding hydrogens is 1380 g/mol. The molecule has 11 aliphatic heterocycles. The van der Waals surface area contributed by atoms with Crippen molar-refractivity contribution < 1.29 is 14.3 Å². The number of hydrogen-bond donors (Lipinski definition) is 6. The molecule has 0 radical (unpaired) electrons. The highest BCUT2D eigenvalue weighted by atomic mass is 32.2. The average molecular weight is 1600 g/mol. The van der Waals surface area contributed by atoms with Crippen LogP contribution in [0.1, 0.15) is 397 Å². The van der Waals surface area contributed by atoms with Crippen molar-refractivity contribution in [2.45, 2.75) is 397 Å². The Labute approximate surface area is 696 Å². The van der Waals surface area contributed by atoms with Crippen LogP contribution in [0.4, 0.5) is 0 Å². The van der Waals surface area contributed by atoms with Crippen LogP contribution in [0.15, 0.2) is 93.8 Å². The molecule has 0 saturated carbocycles. The molecule has 108 heavy (non-hydrogen) atoms. The number of nitrogens with zero attached hydrogens (tertiary/aromatic N) is 9. The smallest absolute Gasteiger partial charge is 0.169 e. The van der Waals surface area contributed by atoms with Gasteiger partial charge in [-0.1, -0.05) is 367 Å². The molecule has 0 saturated heterocycles. The number of hydrazone groups is 1. The van der Waals surface area contributed by atoms with Gasteiger partial charge in [-0.3, -0.25) is 30.4 Å². The van der Waals surface area contributed by atoms with Crippen LogP contribution in [0, 0.1) is 0 Å². The summed E-state index contributed by atoms with van der Waals surface area (Å²) in [6, 6.07) is 0. The van der Waals surface area contributed by atoms with E-state index in [1.54, 1.807) is 36.9 Å². The summed E-state index contributed by atoms with van der Waals surface area (Å²) in [4.78, 5) is 23.7. The zero-order chi connectivity index (χ0) is 90.4. The predicted molar refractivity (Wildman–Crippen MR) is 530 cm³/mol. The Morgan fingerprint density at radius 2 is 0.861 bits per heavy atom. The summed E-state index contributed by atoms with van der Waals surface area (Å²) in [5.74, 6) is 2.50. The second-order valence-electron chi connectivity index (χ2n) is 12.2. The Hall–Kier alpha value is -4.69. The van der Waals surface area contributed by atoms with Crippen molar-refractivity contribution in [1.29, 1.82) is 0 Å². The molecule has 6 N–H and O–H groups in total. The summed E-state index contributed by atoms with van der Waals surface area (Å²) < 4.78 is 9.42. The van der Waals surface area contributed by atoms with Crippen LogP contribution in [-0.4, -0.2) is 140 Å². The Morgan fingerprint density at radius 3 is 0.972 bits per heavy atom. The standard InChI is InChI=1S/C5H8.2C4H7N.C4H6O.C4H6S.2C3H6N2.2C3H5NO.C3H5NS.2C2H5N3.24C2H6/c5*1-2-4-5-3-1;1-2-5-3-4-1;1-2-4-5-3-1;1-2-5-3-4-1;1-2-4-5-3-1;1-2-5-3-4-1;1-3-2-5-4-1;1-2-4-5-3-1;24*1-2/h1-2H,3-5H2;3H,1-2,4H2;1,3,5H,2,4H2;2*1,3H,2,4H2;3H,1-2H2,(H,4,5);2,5H,1,3H2;3H,1-2H2;2H,1,3H2;3H,1-2H2;1,5H,2H2,(H,3,4);1-2H2,(H,3,4);24*1-2H3. The van der Waals surface area contributed by atoms with Crippen LogP contribution < -0.4 is 32.3 Å². The fourth-order valence-corrected chi connectivity index (χ4v) is 5.26. The molecule has 11 heterocycles. The highest BCUT2D eigenvalue weighted by Gasteiger charge is 1.90. The van der Waals surface area contributed by atoms with E-state index in [2.05, 4.69) is 117 Å². The van der Waals surface area contributed by atoms with Crippen LogP contribution in [0.3, 0.4) is 0 Å². The number of ether oxygens (including phenoxy) is 2. The molecule has 0 amide bonds. The number of thioether (sulfide) groups is 2. The number of hydrazine groups is 1. The van der Waals surface area contributed by atoms with Crippen LogP contribution in [0.25, 0.3) is 0 Å². The van der Waals surface area contributed by atoms with Gasteiger partial charge in [0.1, 0.15) is 19.9 Å². The van der Waals surface area contributed by atoms with E-state index in [0.717, 1.165) is 98.0 Å². The van der Waals surface area contributed by atoms with Crippen LogP contribution in [0.2, 0.25) is 0 Å². The van der Waals surface area contributed by atoms with Crippen molar-refractivity contribution in [2.75, 3.05) is 96.9 Å². The van der Waals surface area contributed by atoms with Gasteiger partial charge in [-0.15, -0.1) is 23.5 Å². The van der Waals surface area contributed by atoms with Crippen LogP contribution in [0.5, 0.6) is 0 Å². The minimum absolute atomic E-state index is 0.708. The third kappa shape index (κ3) is 333. The zero-order valence-electron chi connectivity index (χ0n) is 83.4. The minimum atomic E-state index is 0.708. The lowest BCUT2D eigenvalue weighted by atomic mass is 10.4. The number of hydrogen-bond acceptors (Lipinski definition) is 20. The number of allylic oxidation sites excluding steroid dienone is 3. The molecule has 0 unspecified atom stereocenters. The zero-order valence-corrected chi connectivity index (χ0v) is 85.0. The van der Waals surface area contributed by atoms with Crippen LogP contribution in [-0.2, 0) is 14.3 Å². The van der Waals surface area contributed by atoms with Gasteiger partial charge in [0.25, 0.3) is 0 Å². The summed E-state index contributed by atoms with van der Waals surface area (Å²) in [6.07, 6.45) is 37.2. The first-order valence-electron chi connectivity index (χ1n) is 44.9. The normalized spacial score (nSPS) is 12.3. The maximum Gasteiger partial charge on any atom is 0.169 e. The van der Waals surface area contributed by atoms with Gasteiger partial charge in [0.05, 0.1) is 57.3 Å². The fourth-order valence-electron chi connectivity index (χ4n) is 4.06. The second kappa shape index (κ2) is 343. The summed E-state index contributed by atoms with van der Waals surface area (Å²) >= 11 is 3.68. The molecule has 0 aromatic heterocycles. The summed E-state index contributed by atoms with van der Waals surface area (Å²) in [5, 5.41) is 22.3. The molecule has 18 nitrogen and oxygen atoms in total.